The maximum atomic E-state index is 11.6. The Bertz CT molecular complexity index is 700. The third kappa shape index (κ3) is 2.93. The van der Waals surface area contributed by atoms with Crippen LogP contribution in [0.5, 0.6) is 0 Å². The van der Waals surface area contributed by atoms with Crippen LogP contribution in [0.15, 0.2) is 28.9 Å². The van der Waals surface area contributed by atoms with Crippen molar-refractivity contribution in [3.8, 4) is 0 Å². The molecule has 0 aromatic carbocycles. The molecule has 1 aliphatic carbocycles. The highest BCUT2D eigenvalue weighted by molar-refractivity contribution is 5.86. The molecule has 2 aromatic heterocycles. The van der Waals surface area contributed by atoms with Crippen molar-refractivity contribution in [3.05, 3.63) is 41.4 Å². The molecule has 2 aliphatic rings. The molecule has 0 amide bonds. The molecule has 2 atom stereocenters. The first kappa shape index (κ1) is 14.2. The Hall–Kier alpha value is -2.37. The van der Waals surface area contributed by atoms with Crippen LogP contribution in [-0.4, -0.2) is 35.8 Å². The zero-order valence-electron chi connectivity index (χ0n) is 13.1. The molecule has 120 valence electrons. The lowest BCUT2D eigenvalue weighted by molar-refractivity contribution is 0.0479. The minimum atomic E-state index is -0.479. The molecule has 0 spiro atoms. The van der Waals surface area contributed by atoms with E-state index < -0.39 is 5.97 Å². The zero-order valence-corrected chi connectivity index (χ0v) is 13.1. The number of carbonyl (C=O) groups excluding carboxylic acids is 1. The topological polar surface area (TPSA) is 68.5 Å². The van der Waals surface area contributed by atoms with Crippen LogP contribution in [0.4, 0.5) is 5.82 Å². The second kappa shape index (κ2) is 5.68. The number of carbonyl (C=O) groups is 1. The predicted molar refractivity (Wildman–Crippen MR) is 83.3 cm³/mol. The van der Waals surface area contributed by atoms with Crippen LogP contribution in [0.25, 0.3) is 0 Å². The highest BCUT2D eigenvalue weighted by Crippen LogP contribution is 2.45. The zero-order chi connectivity index (χ0) is 15.8. The SMILES string of the molecule is CCOC(=O)c1cc(Cc2ccc(N3CC4CC4C3)nc2)no1. The highest BCUT2D eigenvalue weighted by atomic mass is 16.6. The lowest BCUT2D eigenvalue weighted by Crippen LogP contribution is -2.22. The molecule has 23 heavy (non-hydrogen) atoms. The van der Waals surface area contributed by atoms with Crippen LogP contribution in [-0.2, 0) is 11.2 Å². The van der Waals surface area contributed by atoms with Gasteiger partial charge in [-0.05, 0) is 36.8 Å². The van der Waals surface area contributed by atoms with E-state index in [0.717, 1.165) is 36.3 Å². The van der Waals surface area contributed by atoms with Gasteiger partial charge in [-0.25, -0.2) is 9.78 Å². The van der Waals surface area contributed by atoms with E-state index in [1.165, 1.54) is 6.42 Å². The van der Waals surface area contributed by atoms with E-state index in [0.29, 0.717) is 18.7 Å². The molecule has 3 heterocycles. The largest absolute Gasteiger partial charge is 0.460 e. The fourth-order valence-corrected chi connectivity index (χ4v) is 3.20. The van der Waals surface area contributed by atoms with Crippen molar-refractivity contribution in [1.82, 2.24) is 10.1 Å². The number of ether oxygens (including phenoxy) is 1. The van der Waals surface area contributed by atoms with Crippen LogP contribution in [0, 0.1) is 11.8 Å². The number of hydrogen-bond donors (Lipinski definition) is 0. The molecule has 2 fully saturated rings. The summed E-state index contributed by atoms with van der Waals surface area (Å²) in [6, 6.07) is 5.75. The molecule has 1 aliphatic heterocycles. The van der Waals surface area contributed by atoms with E-state index in [-0.39, 0.29) is 5.76 Å². The van der Waals surface area contributed by atoms with E-state index in [9.17, 15) is 4.79 Å². The molecule has 6 nitrogen and oxygen atoms in total. The molecule has 2 aromatic rings. The van der Waals surface area contributed by atoms with E-state index >= 15 is 0 Å². The van der Waals surface area contributed by atoms with Crippen LogP contribution in [0.2, 0.25) is 0 Å². The number of esters is 1. The molecule has 6 heteroatoms. The Morgan fingerprint density at radius 1 is 1.39 bits per heavy atom. The summed E-state index contributed by atoms with van der Waals surface area (Å²) in [6.45, 7) is 4.36. The second-order valence-corrected chi connectivity index (χ2v) is 6.27. The Morgan fingerprint density at radius 3 is 2.91 bits per heavy atom. The number of aromatic nitrogens is 2. The summed E-state index contributed by atoms with van der Waals surface area (Å²) in [5, 5.41) is 3.92. The summed E-state index contributed by atoms with van der Waals surface area (Å²) < 4.78 is 9.91. The molecular formula is C17H19N3O3. The van der Waals surface area contributed by atoms with Gasteiger partial charge in [0.15, 0.2) is 0 Å². The number of anilines is 1. The number of rotatable bonds is 5. The van der Waals surface area contributed by atoms with E-state index in [2.05, 4.69) is 27.2 Å². The molecule has 0 bridgehead atoms. The van der Waals surface area contributed by atoms with Crippen molar-refractivity contribution in [2.75, 3.05) is 24.6 Å². The van der Waals surface area contributed by atoms with Gasteiger partial charge in [0.2, 0.25) is 5.76 Å². The Kier molecular flexibility index (Phi) is 3.52. The Morgan fingerprint density at radius 2 is 2.22 bits per heavy atom. The summed E-state index contributed by atoms with van der Waals surface area (Å²) >= 11 is 0. The first-order chi connectivity index (χ1) is 11.2. The van der Waals surface area contributed by atoms with Crippen molar-refractivity contribution in [2.24, 2.45) is 11.8 Å². The van der Waals surface area contributed by atoms with Crippen molar-refractivity contribution in [2.45, 2.75) is 19.8 Å². The minimum absolute atomic E-state index is 0.141. The van der Waals surface area contributed by atoms with Crippen molar-refractivity contribution in [1.29, 1.82) is 0 Å². The van der Waals surface area contributed by atoms with E-state index in [1.807, 2.05) is 6.20 Å². The van der Waals surface area contributed by atoms with Crippen molar-refractivity contribution >= 4 is 11.8 Å². The van der Waals surface area contributed by atoms with Gasteiger partial charge >= 0.3 is 5.97 Å². The van der Waals surface area contributed by atoms with E-state index in [1.54, 1.807) is 13.0 Å². The highest BCUT2D eigenvalue weighted by Gasteiger charge is 2.45. The fourth-order valence-electron chi connectivity index (χ4n) is 3.20. The van der Waals surface area contributed by atoms with Crippen LogP contribution >= 0.6 is 0 Å². The predicted octanol–water partition coefficient (Wildman–Crippen LogP) is 2.29. The Balaban J connectivity index is 1.40. The third-order valence-corrected chi connectivity index (χ3v) is 4.53. The lowest BCUT2D eigenvalue weighted by Gasteiger charge is -2.18. The fraction of sp³-hybridized carbons (Fsp3) is 0.471. The van der Waals surface area contributed by atoms with Gasteiger partial charge in [-0.1, -0.05) is 11.2 Å². The van der Waals surface area contributed by atoms with Crippen molar-refractivity contribution < 1.29 is 14.1 Å². The summed E-state index contributed by atoms with van der Waals surface area (Å²) in [5.41, 5.74) is 1.74. The van der Waals surface area contributed by atoms with Gasteiger partial charge in [-0.15, -0.1) is 0 Å². The standard InChI is InChI=1S/C17H19N3O3/c1-2-22-17(21)15-7-14(19-23-15)5-11-3-4-16(18-8-11)20-9-12-6-13(12)10-20/h3-4,7-8,12-13H,2,5-6,9-10H2,1H3. The first-order valence-electron chi connectivity index (χ1n) is 8.05. The minimum Gasteiger partial charge on any atom is -0.460 e. The van der Waals surface area contributed by atoms with E-state index in [4.69, 9.17) is 9.26 Å². The smallest absolute Gasteiger partial charge is 0.377 e. The quantitative estimate of drug-likeness (QED) is 0.789. The van der Waals surface area contributed by atoms with Gasteiger partial charge in [-0.3, -0.25) is 0 Å². The number of hydrogen-bond acceptors (Lipinski definition) is 6. The van der Waals surface area contributed by atoms with Gasteiger partial charge < -0.3 is 14.2 Å². The number of fused-ring (bicyclic) bond motifs is 1. The molecule has 4 rings (SSSR count). The molecule has 2 unspecified atom stereocenters. The average molecular weight is 313 g/mol. The second-order valence-electron chi connectivity index (χ2n) is 6.27. The average Bonchev–Trinajstić information content (AvgIpc) is 2.98. The van der Waals surface area contributed by atoms with Gasteiger partial charge in [-0.2, -0.15) is 0 Å². The number of piperidine rings is 1. The number of nitrogens with zero attached hydrogens (tertiary/aromatic N) is 3. The van der Waals surface area contributed by atoms with Gasteiger partial charge in [0.1, 0.15) is 5.82 Å². The third-order valence-electron chi connectivity index (χ3n) is 4.53. The number of pyridine rings is 1. The molecular weight excluding hydrogens is 294 g/mol. The molecule has 1 saturated carbocycles. The van der Waals surface area contributed by atoms with Crippen LogP contribution in [0.1, 0.15) is 35.2 Å². The summed E-state index contributed by atoms with van der Waals surface area (Å²) in [5.74, 6) is 2.50. The monoisotopic (exact) mass is 313 g/mol. The molecule has 0 radical (unpaired) electrons. The first-order valence-corrected chi connectivity index (χ1v) is 8.05. The maximum Gasteiger partial charge on any atom is 0.377 e. The van der Waals surface area contributed by atoms with Crippen molar-refractivity contribution in [3.63, 3.8) is 0 Å². The molecule has 1 saturated heterocycles. The van der Waals surface area contributed by atoms with Gasteiger partial charge in [0.05, 0.1) is 12.3 Å². The van der Waals surface area contributed by atoms with Gasteiger partial charge in [0, 0.05) is 31.8 Å². The normalized spacial score (nSPS) is 22.0. The van der Waals surface area contributed by atoms with Crippen LogP contribution < -0.4 is 4.90 Å². The summed E-state index contributed by atoms with van der Waals surface area (Å²) in [4.78, 5) is 18.5. The molecule has 0 N–H and O–H groups in total. The summed E-state index contributed by atoms with van der Waals surface area (Å²) in [6.07, 6.45) is 3.85. The Labute approximate surface area is 134 Å². The maximum absolute atomic E-state index is 11.6. The van der Waals surface area contributed by atoms with Crippen LogP contribution in [0.3, 0.4) is 0 Å². The van der Waals surface area contributed by atoms with Gasteiger partial charge in [0.25, 0.3) is 0 Å². The lowest BCUT2D eigenvalue weighted by atomic mass is 10.1. The summed E-state index contributed by atoms with van der Waals surface area (Å²) in [7, 11) is 0.